The Morgan fingerprint density at radius 1 is 1.15 bits per heavy atom. The number of rotatable bonds is 6. The number of anilines is 1. The number of carbonyl (C=O) groups excluding carboxylic acids is 1. The van der Waals surface area contributed by atoms with Crippen LogP contribution in [0.5, 0.6) is 0 Å². The van der Waals surface area contributed by atoms with E-state index in [9.17, 15) is 4.79 Å². The average Bonchev–Trinajstić information content (AvgIpc) is 2.48. The van der Waals surface area contributed by atoms with Crippen LogP contribution in [0.4, 0.5) is 5.69 Å². The third-order valence-electron chi connectivity index (χ3n) is 3.27. The molecule has 3 nitrogen and oxygen atoms in total. The molecule has 0 fully saturated rings. The van der Waals surface area contributed by atoms with Crippen LogP contribution in [0.25, 0.3) is 0 Å². The Kier molecular flexibility index (Phi) is 4.91. The number of nitrogens with one attached hydrogen (secondary N) is 1. The van der Waals surface area contributed by atoms with Gasteiger partial charge in [0.05, 0.1) is 6.04 Å². The van der Waals surface area contributed by atoms with Crippen molar-refractivity contribution in [3.63, 3.8) is 0 Å². The van der Waals surface area contributed by atoms with E-state index in [1.165, 1.54) is 12.5 Å². The van der Waals surface area contributed by atoms with Gasteiger partial charge in [-0.2, -0.15) is 0 Å². The molecule has 2 aromatic carbocycles. The van der Waals surface area contributed by atoms with Crippen molar-refractivity contribution in [2.75, 3.05) is 11.9 Å². The molecule has 0 heterocycles. The van der Waals surface area contributed by atoms with Crippen molar-refractivity contribution >= 4 is 11.5 Å². The van der Waals surface area contributed by atoms with Crippen LogP contribution in [-0.2, 0) is 11.2 Å². The zero-order valence-corrected chi connectivity index (χ0v) is 11.7. The third-order valence-corrected chi connectivity index (χ3v) is 3.27. The largest absolute Gasteiger partial charge is 0.385 e. The lowest BCUT2D eigenvalue weighted by Crippen LogP contribution is -2.18. The molecule has 20 heavy (non-hydrogen) atoms. The fourth-order valence-corrected chi connectivity index (χ4v) is 2.07. The molecule has 2 rings (SSSR count). The van der Waals surface area contributed by atoms with Crippen molar-refractivity contribution in [1.29, 1.82) is 0 Å². The van der Waals surface area contributed by atoms with E-state index in [4.69, 9.17) is 5.73 Å². The Morgan fingerprint density at radius 3 is 2.60 bits per heavy atom. The topological polar surface area (TPSA) is 55.1 Å². The van der Waals surface area contributed by atoms with Crippen LogP contribution in [0.2, 0.25) is 0 Å². The fourth-order valence-electron chi connectivity index (χ4n) is 2.07. The van der Waals surface area contributed by atoms with Gasteiger partial charge in [-0.05, 0) is 36.6 Å². The highest BCUT2D eigenvalue weighted by atomic mass is 16.1. The van der Waals surface area contributed by atoms with Crippen molar-refractivity contribution < 1.29 is 4.79 Å². The lowest BCUT2D eigenvalue weighted by molar-refractivity contribution is -0.118. The SMILES string of the molecule is CC(=O)C(N)c1cccc(NCCc2ccccc2)c1. The third kappa shape index (κ3) is 3.93. The van der Waals surface area contributed by atoms with Crippen molar-refractivity contribution in [2.24, 2.45) is 5.73 Å². The van der Waals surface area contributed by atoms with Crippen molar-refractivity contribution in [3.05, 3.63) is 65.7 Å². The minimum Gasteiger partial charge on any atom is -0.385 e. The number of Topliss-reactive ketones (excluding diaryl/α,β-unsaturated/α-hetero) is 1. The standard InChI is InChI=1S/C17H20N2O/c1-13(20)17(18)15-8-5-9-16(12-15)19-11-10-14-6-3-2-4-7-14/h2-9,12,17,19H,10-11,18H2,1H3. The van der Waals surface area contributed by atoms with E-state index in [1.54, 1.807) is 0 Å². The van der Waals surface area contributed by atoms with Gasteiger partial charge in [-0.1, -0.05) is 42.5 Å². The summed E-state index contributed by atoms with van der Waals surface area (Å²) in [7, 11) is 0. The first-order chi connectivity index (χ1) is 9.66. The number of hydrogen-bond acceptors (Lipinski definition) is 3. The number of benzene rings is 2. The zero-order chi connectivity index (χ0) is 14.4. The second-order valence-corrected chi connectivity index (χ2v) is 4.88. The first kappa shape index (κ1) is 14.3. The van der Waals surface area contributed by atoms with Crippen LogP contribution < -0.4 is 11.1 Å². The maximum Gasteiger partial charge on any atom is 0.150 e. The predicted molar refractivity (Wildman–Crippen MR) is 82.7 cm³/mol. The summed E-state index contributed by atoms with van der Waals surface area (Å²) in [6, 6.07) is 17.5. The Bertz CT molecular complexity index is 566. The molecule has 3 N–H and O–H groups in total. The Hall–Kier alpha value is -2.13. The normalized spacial score (nSPS) is 11.9. The summed E-state index contributed by atoms with van der Waals surface area (Å²) >= 11 is 0. The highest BCUT2D eigenvalue weighted by Crippen LogP contribution is 2.16. The molecule has 0 aliphatic rings. The molecule has 0 spiro atoms. The Labute approximate surface area is 119 Å². The molecule has 0 radical (unpaired) electrons. The molecular weight excluding hydrogens is 248 g/mol. The molecule has 0 saturated carbocycles. The highest BCUT2D eigenvalue weighted by molar-refractivity contribution is 5.82. The monoisotopic (exact) mass is 268 g/mol. The second kappa shape index (κ2) is 6.87. The zero-order valence-electron chi connectivity index (χ0n) is 11.7. The van der Waals surface area contributed by atoms with Gasteiger partial charge in [0.15, 0.2) is 5.78 Å². The van der Waals surface area contributed by atoms with E-state index in [2.05, 4.69) is 17.4 Å². The first-order valence-corrected chi connectivity index (χ1v) is 6.80. The van der Waals surface area contributed by atoms with Gasteiger partial charge < -0.3 is 11.1 Å². The first-order valence-electron chi connectivity index (χ1n) is 6.80. The van der Waals surface area contributed by atoms with Gasteiger partial charge >= 0.3 is 0 Å². The summed E-state index contributed by atoms with van der Waals surface area (Å²) < 4.78 is 0. The van der Waals surface area contributed by atoms with Gasteiger partial charge in [0.25, 0.3) is 0 Å². The molecule has 3 heteroatoms. The summed E-state index contributed by atoms with van der Waals surface area (Å²) in [5, 5.41) is 3.36. The summed E-state index contributed by atoms with van der Waals surface area (Å²) in [6.45, 7) is 2.36. The van der Waals surface area contributed by atoms with Gasteiger partial charge in [-0.3, -0.25) is 4.79 Å². The van der Waals surface area contributed by atoms with Crippen molar-refractivity contribution in [3.8, 4) is 0 Å². The molecule has 0 aliphatic heterocycles. The highest BCUT2D eigenvalue weighted by Gasteiger charge is 2.10. The lowest BCUT2D eigenvalue weighted by atomic mass is 10.0. The molecule has 1 atom stereocenters. The van der Waals surface area contributed by atoms with Crippen LogP contribution in [0, 0.1) is 0 Å². The van der Waals surface area contributed by atoms with E-state index < -0.39 is 6.04 Å². The maximum atomic E-state index is 11.3. The summed E-state index contributed by atoms with van der Waals surface area (Å²) in [6.07, 6.45) is 0.962. The van der Waals surface area contributed by atoms with Crippen LogP contribution in [0.15, 0.2) is 54.6 Å². The van der Waals surface area contributed by atoms with Crippen LogP contribution in [0.1, 0.15) is 24.1 Å². The number of ketones is 1. The fraction of sp³-hybridized carbons (Fsp3) is 0.235. The molecular formula is C17H20N2O. The van der Waals surface area contributed by atoms with E-state index in [1.807, 2.05) is 42.5 Å². The Morgan fingerprint density at radius 2 is 1.90 bits per heavy atom. The quantitative estimate of drug-likeness (QED) is 0.847. The molecule has 0 saturated heterocycles. The van der Waals surface area contributed by atoms with Gasteiger partial charge in [0, 0.05) is 12.2 Å². The van der Waals surface area contributed by atoms with E-state index >= 15 is 0 Å². The van der Waals surface area contributed by atoms with Crippen molar-refractivity contribution in [2.45, 2.75) is 19.4 Å². The Balaban J connectivity index is 1.93. The smallest absolute Gasteiger partial charge is 0.150 e. The van der Waals surface area contributed by atoms with Gasteiger partial charge in [0.1, 0.15) is 0 Å². The summed E-state index contributed by atoms with van der Waals surface area (Å²) in [5.41, 5.74) is 9.00. The number of carbonyl (C=O) groups is 1. The molecule has 0 aliphatic carbocycles. The minimum absolute atomic E-state index is 0.0218. The average molecular weight is 268 g/mol. The molecule has 1 unspecified atom stereocenters. The number of hydrogen-bond donors (Lipinski definition) is 2. The van der Waals surface area contributed by atoms with E-state index in [-0.39, 0.29) is 5.78 Å². The molecule has 0 amide bonds. The van der Waals surface area contributed by atoms with Gasteiger partial charge in [-0.25, -0.2) is 0 Å². The summed E-state index contributed by atoms with van der Waals surface area (Å²) in [4.78, 5) is 11.3. The van der Waals surface area contributed by atoms with Crippen LogP contribution >= 0.6 is 0 Å². The lowest BCUT2D eigenvalue weighted by Gasteiger charge is -2.11. The van der Waals surface area contributed by atoms with Crippen molar-refractivity contribution in [1.82, 2.24) is 0 Å². The van der Waals surface area contributed by atoms with E-state index in [0.717, 1.165) is 24.2 Å². The number of nitrogens with two attached hydrogens (primary N) is 1. The van der Waals surface area contributed by atoms with E-state index in [0.29, 0.717) is 0 Å². The summed E-state index contributed by atoms with van der Waals surface area (Å²) in [5.74, 6) is -0.0218. The second-order valence-electron chi connectivity index (χ2n) is 4.88. The molecule has 0 aromatic heterocycles. The minimum atomic E-state index is -0.536. The molecule has 2 aromatic rings. The van der Waals surface area contributed by atoms with Crippen LogP contribution in [0.3, 0.4) is 0 Å². The van der Waals surface area contributed by atoms with Gasteiger partial charge in [0.2, 0.25) is 0 Å². The maximum absolute atomic E-state index is 11.3. The molecule has 104 valence electrons. The van der Waals surface area contributed by atoms with Crippen LogP contribution in [-0.4, -0.2) is 12.3 Å². The predicted octanol–water partition coefficient (Wildman–Crippen LogP) is 2.93. The van der Waals surface area contributed by atoms with Gasteiger partial charge in [-0.15, -0.1) is 0 Å². The molecule has 0 bridgehead atoms.